The van der Waals surface area contributed by atoms with Crippen molar-refractivity contribution in [2.45, 2.75) is 13.1 Å². The van der Waals surface area contributed by atoms with Crippen molar-refractivity contribution in [1.29, 1.82) is 0 Å². The van der Waals surface area contributed by atoms with Crippen LogP contribution in [0.4, 0.5) is 23.8 Å². The zero-order valence-electron chi connectivity index (χ0n) is 15.5. The Labute approximate surface area is 174 Å². The molecule has 30 heavy (non-hydrogen) atoms. The number of urea groups is 1. The van der Waals surface area contributed by atoms with Gasteiger partial charge in [0.05, 0.1) is 16.1 Å². The van der Waals surface area contributed by atoms with Crippen LogP contribution in [0.1, 0.15) is 21.6 Å². The Morgan fingerprint density at radius 2 is 1.63 bits per heavy atom. The van der Waals surface area contributed by atoms with Crippen molar-refractivity contribution in [3.05, 3.63) is 82.5 Å². The van der Waals surface area contributed by atoms with Crippen molar-refractivity contribution in [2.24, 2.45) is 0 Å². The molecule has 2 aromatic carbocycles. The first-order chi connectivity index (χ1) is 14.1. The number of aromatic nitrogens is 1. The lowest BCUT2D eigenvalue weighted by atomic mass is 10.0. The second kappa shape index (κ2) is 8.54. The van der Waals surface area contributed by atoms with Crippen molar-refractivity contribution >= 4 is 29.4 Å². The second-order valence-electron chi connectivity index (χ2n) is 6.29. The average Bonchev–Trinajstić information content (AvgIpc) is 2.67. The van der Waals surface area contributed by atoms with Crippen LogP contribution in [0.25, 0.3) is 11.1 Å². The van der Waals surface area contributed by atoms with Crippen LogP contribution in [0.15, 0.2) is 60.7 Å². The predicted molar refractivity (Wildman–Crippen MR) is 107 cm³/mol. The molecule has 3 aromatic rings. The van der Waals surface area contributed by atoms with E-state index in [1.165, 1.54) is 30.3 Å². The largest absolute Gasteiger partial charge is 0.416 e. The normalized spacial score (nSPS) is 11.1. The van der Waals surface area contributed by atoms with E-state index in [1.807, 2.05) is 0 Å². The maximum absolute atomic E-state index is 12.7. The van der Waals surface area contributed by atoms with Crippen LogP contribution in [0.3, 0.4) is 0 Å². The fourth-order valence-electron chi connectivity index (χ4n) is 2.74. The number of nitrogens with zero attached hydrogens (tertiary/aromatic N) is 1. The predicted octanol–water partition coefficient (Wildman–Crippen LogP) is 5.69. The van der Waals surface area contributed by atoms with E-state index in [-0.39, 0.29) is 16.4 Å². The molecule has 0 radical (unpaired) electrons. The Morgan fingerprint density at radius 1 is 0.967 bits per heavy atom. The fourth-order valence-corrected chi connectivity index (χ4v) is 2.96. The maximum atomic E-state index is 12.7. The molecule has 0 saturated carbocycles. The summed E-state index contributed by atoms with van der Waals surface area (Å²) in [6.45, 7) is 1.66. The lowest BCUT2D eigenvalue weighted by Gasteiger charge is -2.11. The monoisotopic (exact) mass is 433 g/mol. The molecule has 0 aliphatic carbocycles. The summed E-state index contributed by atoms with van der Waals surface area (Å²) in [4.78, 5) is 28.4. The molecule has 9 heteroatoms. The number of alkyl halides is 3. The van der Waals surface area contributed by atoms with Gasteiger partial charge in [-0.2, -0.15) is 13.2 Å². The molecule has 3 rings (SSSR count). The molecular weight excluding hydrogens is 419 g/mol. The quantitative estimate of drug-likeness (QED) is 0.557. The highest BCUT2D eigenvalue weighted by molar-refractivity contribution is 6.34. The first kappa shape index (κ1) is 21.3. The van der Waals surface area contributed by atoms with Crippen LogP contribution in [0.2, 0.25) is 5.02 Å². The van der Waals surface area contributed by atoms with Crippen LogP contribution < -0.4 is 10.6 Å². The first-order valence-electron chi connectivity index (χ1n) is 8.67. The Hall–Kier alpha value is -3.39. The van der Waals surface area contributed by atoms with Crippen LogP contribution in [0, 0.1) is 6.92 Å². The highest BCUT2D eigenvalue weighted by Crippen LogP contribution is 2.31. The van der Waals surface area contributed by atoms with Crippen LogP contribution in [-0.2, 0) is 6.18 Å². The number of rotatable bonds is 3. The number of anilines is 1. The molecule has 5 nitrogen and oxygen atoms in total. The smallest absolute Gasteiger partial charge is 0.292 e. The van der Waals surface area contributed by atoms with Crippen molar-refractivity contribution in [1.82, 2.24) is 10.3 Å². The summed E-state index contributed by atoms with van der Waals surface area (Å²) in [6.07, 6.45) is -4.41. The zero-order valence-corrected chi connectivity index (χ0v) is 16.3. The molecule has 0 spiro atoms. The van der Waals surface area contributed by atoms with E-state index in [1.54, 1.807) is 25.1 Å². The van der Waals surface area contributed by atoms with Crippen molar-refractivity contribution in [2.75, 3.05) is 5.32 Å². The third-order valence-corrected chi connectivity index (χ3v) is 4.53. The topological polar surface area (TPSA) is 71.1 Å². The van der Waals surface area contributed by atoms with Gasteiger partial charge in [0.2, 0.25) is 0 Å². The van der Waals surface area contributed by atoms with Gasteiger partial charge >= 0.3 is 12.2 Å². The summed E-state index contributed by atoms with van der Waals surface area (Å²) in [5.41, 5.74) is 1.07. The molecule has 0 unspecified atom stereocenters. The minimum Gasteiger partial charge on any atom is -0.292 e. The fraction of sp³-hybridized carbons (Fsp3) is 0.0952. The lowest BCUT2D eigenvalue weighted by molar-refractivity contribution is -0.137. The standard InChI is InChI=1S/C21H15ClF3N3O2/c1-12-15(13-6-8-14(9-7-13)21(23,24)25)10-11-18(26-12)27-20(30)28-19(29)16-4-2-3-5-17(16)22/h2-11H,1H3,(H2,26,27,28,29,30). The summed E-state index contributed by atoms with van der Waals surface area (Å²) < 4.78 is 38.1. The average molecular weight is 434 g/mol. The molecule has 3 amide bonds. The molecule has 0 saturated heterocycles. The van der Waals surface area contributed by atoms with Gasteiger partial charge in [-0.3, -0.25) is 15.4 Å². The van der Waals surface area contributed by atoms with Gasteiger partial charge in [-0.25, -0.2) is 9.78 Å². The van der Waals surface area contributed by atoms with Crippen molar-refractivity contribution in [3.63, 3.8) is 0 Å². The van der Waals surface area contributed by atoms with Crippen LogP contribution in [0.5, 0.6) is 0 Å². The van der Waals surface area contributed by atoms with Gasteiger partial charge in [0.1, 0.15) is 5.82 Å². The summed E-state index contributed by atoms with van der Waals surface area (Å²) in [7, 11) is 0. The summed E-state index contributed by atoms with van der Waals surface area (Å²) in [5, 5.41) is 4.79. The Kier molecular flexibility index (Phi) is 6.07. The number of halogens is 4. The van der Waals surface area contributed by atoms with Gasteiger partial charge in [-0.15, -0.1) is 0 Å². The molecule has 154 valence electrons. The van der Waals surface area contributed by atoms with E-state index in [9.17, 15) is 22.8 Å². The summed E-state index contributed by atoms with van der Waals surface area (Å²) in [5.74, 6) is -0.496. The molecule has 0 bridgehead atoms. The van der Waals surface area contributed by atoms with Gasteiger partial charge in [0.25, 0.3) is 5.91 Å². The number of imide groups is 1. The molecule has 2 N–H and O–H groups in total. The highest BCUT2D eigenvalue weighted by Gasteiger charge is 2.30. The first-order valence-corrected chi connectivity index (χ1v) is 9.05. The van der Waals surface area contributed by atoms with Gasteiger partial charge in [-0.1, -0.05) is 35.9 Å². The van der Waals surface area contributed by atoms with Gasteiger partial charge in [0.15, 0.2) is 0 Å². The number of carbonyl (C=O) groups excluding carboxylic acids is 2. The number of hydrogen-bond donors (Lipinski definition) is 2. The molecule has 0 atom stereocenters. The Morgan fingerprint density at radius 3 is 2.23 bits per heavy atom. The van der Waals surface area contributed by atoms with Crippen molar-refractivity contribution in [3.8, 4) is 11.1 Å². The number of hydrogen-bond acceptors (Lipinski definition) is 3. The minimum absolute atomic E-state index is 0.149. The molecule has 1 heterocycles. The summed E-state index contributed by atoms with van der Waals surface area (Å²) in [6, 6.07) is 13.3. The number of pyridine rings is 1. The summed E-state index contributed by atoms with van der Waals surface area (Å²) >= 11 is 5.93. The number of amides is 3. The third kappa shape index (κ3) is 4.96. The molecule has 1 aromatic heterocycles. The van der Waals surface area contributed by atoms with E-state index < -0.39 is 23.7 Å². The minimum atomic E-state index is -4.41. The maximum Gasteiger partial charge on any atom is 0.416 e. The molecule has 0 aliphatic heterocycles. The molecule has 0 aliphatic rings. The van der Waals surface area contributed by atoms with Crippen LogP contribution >= 0.6 is 11.6 Å². The number of nitrogens with one attached hydrogen (secondary N) is 2. The second-order valence-corrected chi connectivity index (χ2v) is 6.70. The van der Waals surface area contributed by atoms with Gasteiger partial charge < -0.3 is 0 Å². The van der Waals surface area contributed by atoms with E-state index in [0.29, 0.717) is 16.8 Å². The van der Waals surface area contributed by atoms with E-state index in [0.717, 1.165) is 12.1 Å². The third-order valence-electron chi connectivity index (χ3n) is 4.20. The van der Waals surface area contributed by atoms with E-state index in [2.05, 4.69) is 15.6 Å². The number of carbonyl (C=O) groups is 2. The van der Waals surface area contributed by atoms with E-state index >= 15 is 0 Å². The van der Waals surface area contributed by atoms with Crippen molar-refractivity contribution < 1.29 is 22.8 Å². The number of aryl methyl sites for hydroxylation is 1. The Balaban J connectivity index is 1.70. The highest BCUT2D eigenvalue weighted by atomic mass is 35.5. The van der Waals surface area contributed by atoms with E-state index in [4.69, 9.17) is 11.6 Å². The van der Waals surface area contributed by atoms with Gasteiger partial charge in [-0.05, 0) is 48.9 Å². The lowest BCUT2D eigenvalue weighted by Crippen LogP contribution is -2.34. The van der Waals surface area contributed by atoms with Gasteiger partial charge in [0, 0.05) is 11.3 Å². The SMILES string of the molecule is Cc1nc(NC(=O)NC(=O)c2ccccc2Cl)ccc1-c1ccc(C(F)(F)F)cc1. The van der Waals surface area contributed by atoms with Crippen LogP contribution in [-0.4, -0.2) is 16.9 Å². The zero-order chi connectivity index (χ0) is 21.9. The molecular formula is C21H15ClF3N3O2. The molecule has 0 fully saturated rings. The Bertz CT molecular complexity index is 1100. The number of benzene rings is 2.